The minimum absolute atomic E-state index is 0.224. The summed E-state index contributed by atoms with van der Waals surface area (Å²) in [5, 5.41) is 0. The zero-order chi connectivity index (χ0) is 19.9. The third-order valence-electron chi connectivity index (χ3n) is 5.27. The Kier molecular flexibility index (Phi) is 6.69. The average Bonchev–Trinajstić information content (AvgIpc) is 2.77. The lowest BCUT2D eigenvalue weighted by Crippen LogP contribution is -2.15. The maximum absolute atomic E-state index is 12.4. The second kappa shape index (κ2) is 9.40. The van der Waals surface area contributed by atoms with Crippen molar-refractivity contribution in [2.75, 3.05) is 20.8 Å². The van der Waals surface area contributed by atoms with Gasteiger partial charge in [-0.3, -0.25) is 4.79 Å². The van der Waals surface area contributed by atoms with E-state index in [1.54, 1.807) is 18.2 Å². The smallest absolute Gasteiger partial charge is 0.342 e. The largest absolute Gasteiger partial charge is 0.493 e. The maximum atomic E-state index is 12.4. The van der Waals surface area contributed by atoms with Crippen molar-refractivity contribution in [1.82, 2.24) is 0 Å². The van der Waals surface area contributed by atoms with Crippen LogP contribution >= 0.6 is 0 Å². The van der Waals surface area contributed by atoms with Gasteiger partial charge in [0.1, 0.15) is 5.56 Å². The first-order valence-corrected chi connectivity index (χ1v) is 9.65. The Morgan fingerprint density at radius 3 is 2.29 bits per heavy atom. The second-order valence-electron chi connectivity index (χ2n) is 7.00. The molecule has 0 N–H and O–H groups in total. The van der Waals surface area contributed by atoms with Gasteiger partial charge in [0, 0.05) is 5.56 Å². The van der Waals surface area contributed by atoms with Gasteiger partial charge < -0.3 is 14.2 Å². The Balaban J connectivity index is 1.61. The summed E-state index contributed by atoms with van der Waals surface area (Å²) in [4.78, 5) is 24.8. The second-order valence-corrected chi connectivity index (χ2v) is 7.00. The topological polar surface area (TPSA) is 61.8 Å². The predicted molar refractivity (Wildman–Crippen MR) is 106 cm³/mol. The molecule has 0 aliphatic heterocycles. The molecule has 1 aliphatic carbocycles. The van der Waals surface area contributed by atoms with Gasteiger partial charge in [0.15, 0.2) is 23.9 Å². The SMILES string of the molecule is COc1cccc(C(=O)OCC(=O)c2ccc(C3CCCCC3)cc2)c1OC. The van der Waals surface area contributed by atoms with Gasteiger partial charge in [-0.1, -0.05) is 49.6 Å². The van der Waals surface area contributed by atoms with E-state index in [2.05, 4.69) is 0 Å². The van der Waals surface area contributed by atoms with Crippen LogP contribution in [0.5, 0.6) is 11.5 Å². The zero-order valence-corrected chi connectivity index (χ0v) is 16.4. The molecule has 2 aromatic rings. The number of ketones is 1. The van der Waals surface area contributed by atoms with Gasteiger partial charge in [0.2, 0.25) is 0 Å². The van der Waals surface area contributed by atoms with Crippen LogP contribution in [0.4, 0.5) is 0 Å². The van der Waals surface area contributed by atoms with Crippen LogP contribution in [0.25, 0.3) is 0 Å². The third-order valence-corrected chi connectivity index (χ3v) is 5.27. The molecule has 2 aromatic carbocycles. The maximum Gasteiger partial charge on any atom is 0.342 e. The molecule has 0 aromatic heterocycles. The van der Waals surface area contributed by atoms with Gasteiger partial charge in [-0.25, -0.2) is 4.79 Å². The van der Waals surface area contributed by atoms with Crippen LogP contribution in [-0.2, 0) is 4.74 Å². The number of methoxy groups -OCH3 is 2. The summed E-state index contributed by atoms with van der Waals surface area (Å²) in [5.74, 6) is 0.463. The van der Waals surface area contributed by atoms with Crippen LogP contribution in [0, 0.1) is 0 Å². The van der Waals surface area contributed by atoms with Crippen LogP contribution in [0.15, 0.2) is 42.5 Å². The van der Waals surface area contributed by atoms with Gasteiger partial charge in [0.25, 0.3) is 0 Å². The molecular weight excluding hydrogens is 356 g/mol. The lowest BCUT2D eigenvalue weighted by Gasteiger charge is -2.22. The molecule has 0 atom stereocenters. The van der Waals surface area contributed by atoms with E-state index in [9.17, 15) is 9.59 Å². The highest BCUT2D eigenvalue weighted by Gasteiger charge is 2.20. The number of carbonyl (C=O) groups is 2. The number of rotatable bonds is 7. The van der Waals surface area contributed by atoms with Crippen molar-refractivity contribution in [3.8, 4) is 11.5 Å². The van der Waals surface area contributed by atoms with Crippen molar-refractivity contribution in [1.29, 1.82) is 0 Å². The molecule has 148 valence electrons. The number of ether oxygens (including phenoxy) is 3. The molecule has 1 fully saturated rings. The summed E-state index contributed by atoms with van der Waals surface area (Å²) in [6.07, 6.45) is 6.29. The highest BCUT2D eigenvalue weighted by atomic mass is 16.5. The summed E-state index contributed by atoms with van der Waals surface area (Å²) in [5.41, 5.74) is 2.06. The molecule has 0 heterocycles. The quantitative estimate of drug-likeness (QED) is 0.509. The van der Waals surface area contributed by atoms with Crippen molar-refractivity contribution in [3.63, 3.8) is 0 Å². The van der Waals surface area contributed by atoms with Gasteiger partial charge in [0.05, 0.1) is 14.2 Å². The van der Waals surface area contributed by atoms with Crippen LogP contribution in [0.2, 0.25) is 0 Å². The number of Topliss-reactive ketones (excluding diaryl/α,β-unsaturated/α-hetero) is 1. The van der Waals surface area contributed by atoms with Gasteiger partial charge in [-0.15, -0.1) is 0 Å². The minimum Gasteiger partial charge on any atom is -0.493 e. The molecule has 0 radical (unpaired) electrons. The Morgan fingerprint density at radius 1 is 0.929 bits per heavy atom. The Labute approximate surface area is 165 Å². The summed E-state index contributed by atoms with van der Waals surface area (Å²) in [6, 6.07) is 12.6. The van der Waals surface area contributed by atoms with E-state index in [1.807, 2.05) is 24.3 Å². The molecule has 0 saturated heterocycles. The molecule has 5 nitrogen and oxygen atoms in total. The molecule has 0 bridgehead atoms. The van der Waals surface area contributed by atoms with Crippen molar-refractivity contribution >= 4 is 11.8 Å². The van der Waals surface area contributed by atoms with E-state index >= 15 is 0 Å². The predicted octanol–water partition coefficient (Wildman–Crippen LogP) is 4.79. The van der Waals surface area contributed by atoms with Crippen molar-refractivity contribution in [2.45, 2.75) is 38.0 Å². The Hall–Kier alpha value is -2.82. The first-order valence-electron chi connectivity index (χ1n) is 9.65. The van der Waals surface area contributed by atoms with Gasteiger partial charge in [-0.05, 0) is 36.5 Å². The van der Waals surface area contributed by atoms with Crippen molar-refractivity contribution < 1.29 is 23.8 Å². The van der Waals surface area contributed by atoms with Gasteiger partial charge >= 0.3 is 5.97 Å². The third kappa shape index (κ3) is 4.53. The van der Waals surface area contributed by atoms with Crippen LogP contribution in [0.3, 0.4) is 0 Å². The van der Waals surface area contributed by atoms with E-state index in [0.717, 1.165) is 0 Å². The molecule has 0 spiro atoms. The fourth-order valence-electron chi connectivity index (χ4n) is 3.72. The monoisotopic (exact) mass is 382 g/mol. The van der Waals surface area contributed by atoms with Crippen LogP contribution in [-0.4, -0.2) is 32.6 Å². The lowest BCUT2D eigenvalue weighted by molar-refractivity contribution is 0.0471. The van der Waals surface area contributed by atoms with E-state index < -0.39 is 5.97 Å². The number of para-hydroxylation sites is 1. The molecule has 0 amide bonds. The first-order chi connectivity index (χ1) is 13.6. The van der Waals surface area contributed by atoms with Crippen LogP contribution in [0.1, 0.15) is 64.3 Å². The first kappa shape index (κ1) is 19.9. The Bertz CT molecular complexity index is 819. The van der Waals surface area contributed by atoms with E-state index in [0.29, 0.717) is 23.0 Å². The number of esters is 1. The summed E-state index contributed by atoms with van der Waals surface area (Å²) < 4.78 is 15.6. The molecule has 0 unspecified atom stereocenters. The number of benzene rings is 2. The van der Waals surface area contributed by atoms with E-state index in [-0.39, 0.29) is 18.0 Å². The standard InChI is InChI=1S/C23H26O5/c1-26-21-10-6-9-19(22(21)27-2)23(25)28-15-20(24)18-13-11-17(12-14-18)16-7-4-3-5-8-16/h6,9-14,16H,3-5,7-8,15H2,1-2H3. The van der Waals surface area contributed by atoms with E-state index in [1.165, 1.54) is 51.9 Å². The van der Waals surface area contributed by atoms with Crippen molar-refractivity contribution in [2.24, 2.45) is 0 Å². The molecular formula is C23H26O5. The molecule has 28 heavy (non-hydrogen) atoms. The fraction of sp³-hybridized carbons (Fsp3) is 0.391. The molecule has 1 aliphatic rings. The fourth-order valence-corrected chi connectivity index (χ4v) is 3.72. The molecule has 5 heteroatoms. The number of hydrogen-bond donors (Lipinski definition) is 0. The Morgan fingerprint density at radius 2 is 1.64 bits per heavy atom. The summed E-state index contributed by atoms with van der Waals surface area (Å²) >= 11 is 0. The van der Waals surface area contributed by atoms with Gasteiger partial charge in [-0.2, -0.15) is 0 Å². The number of hydrogen-bond acceptors (Lipinski definition) is 5. The summed E-state index contributed by atoms with van der Waals surface area (Å²) in [6.45, 7) is -0.317. The van der Waals surface area contributed by atoms with Crippen molar-refractivity contribution in [3.05, 3.63) is 59.2 Å². The average molecular weight is 382 g/mol. The highest BCUT2D eigenvalue weighted by Crippen LogP contribution is 2.33. The van der Waals surface area contributed by atoms with Crippen LogP contribution < -0.4 is 9.47 Å². The highest BCUT2D eigenvalue weighted by molar-refractivity contribution is 6.00. The normalized spacial score (nSPS) is 14.4. The molecule has 1 saturated carbocycles. The van der Waals surface area contributed by atoms with E-state index in [4.69, 9.17) is 14.2 Å². The zero-order valence-electron chi connectivity index (χ0n) is 16.4. The summed E-state index contributed by atoms with van der Waals surface area (Å²) in [7, 11) is 2.95. The minimum atomic E-state index is -0.622. The number of carbonyl (C=O) groups excluding carboxylic acids is 2. The lowest BCUT2D eigenvalue weighted by atomic mass is 9.84. The molecule has 3 rings (SSSR count).